The third-order valence-electron chi connectivity index (χ3n) is 3.39. The largest absolute Gasteiger partial charge is 0.462 e. The van der Waals surface area contributed by atoms with Crippen molar-refractivity contribution in [2.45, 2.75) is 26.8 Å². The molecule has 5 heteroatoms. The van der Waals surface area contributed by atoms with Gasteiger partial charge in [0.2, 0.25) is 0 Å². The van der Waals surface area contributed by atoms with E-state index in [0.717, 1.165) is 12.1 Å². The zero-order valence-electron chi connectivity index (χ0n) is 14.0. The maximum Gasteiger partial charge on any atom is 0.338 e. The molecule has 4 nitrogen and oxygen atoms in total. The molecule has 0 saturated heterocycles. The van der Waals surface area contributed by atoms with Crippen molar-refractivity contribution in [3.63, 3.8) is 0 Å². The average molecular weight is 342 g/mol. The number of benzene rings is 2. The van der Waals surface area contributed by atoms with Crippen LogP contribution in [0.4, 0.5) is 5.69 Å². The Morgan fingerprint density at radius 1 is 1.08 bits per heavy atom. The minimum absolute atomic E-state index is 0.302. The van der Waals surface area contributed by atoms with Crippen LogP contribution in [-0.4, -0.2) is 17.7 Å². The van der Waals surface area contributed by atoms with Crippen LogP contribution in [-0.2, 0) is 11.3 Å². The molecule has 0 fully saturated rings. The standard InChI is InChI=1S/C19H22N2O2S/c1-3-12-23-18(22)16-8-10-17(11-9-16)21-19(24)20-13-15-6-4-14(2)5-7-15/h4-11H,3,12-13H2,1-2H3,(H2,20,21,24). The molecule has 0 amide bonds. The van der Waals surface area contributed by atoms with Crippen molar-refractivity contribution in [1.29, 1.82) is 0 Å². The SMILES string of the molecule is CCCOC(=O)c1ccc(NC(=S)NCc2ccc(C)cc2)cc1. The first kappa shape index (κ1) is 17.9. The zero-order chi connectivity index (χ0) is 17.4. The Balaban J connectivity index is 1.83. The molecule has 0 spiro atoms. The highest BCUT2D eigenvalue weighted by Crippen LogP contribution is 2.11. The normalized spacial score (nSPS) is 10.1. The lowest BCUT2D eigenvalue weighted by molar-refractivity contribution is 0.0505. The Kier molecular flexibility index (Phi) is 6.75. The van der Waals surface area contributed by atoms with Crippen molar-refractivity contribution < 1.29 is 9.53 Å². The lowest BCUT2D eigenvalue weighted by atomic mass is 10.1. The molecule has 2 rings (SSSR count). The van der Waals surface area contributed by atoms with Crippen molar-refractivity contribution in [3.05, 3.63) is 65.2 Å². The van der Waals surface area contributed by atoms with Gasteiger partial charge in [0.25, 0.3) is 0 Å². The maximum atomic E-state index is 11.7. The van der Waals surface area contributed by atoms with E-state index < -0.39 is 0 Å². The first-order chi connectivity index (χ1) is 11.6. The minimum atomic E-state index is -0.302. The topological polar surface area (TPSA) is 50.4 Å². The van der Waals surface area contributed by atoms with Crippen LogP contribution in [0, 0.1) is 6.92 Å². The molecule has 126 valence electrons. The summed E-state index contributed by atoms with van der Waals surface area (Å²) in [6.07, 6.45) is 0.812. The summed E-state index contributed by atoms with van der Waals surface area (Å²) in [7, 11) is 0. The molecule has 0 bridgehead atoms. The van der Waals surface area contributed by atoms with Crippen molar-refractivity contribution >= 4 is 29.0 Å². The van der Waals surface area contributed by atoms with Crippen LogP contribution in [0.2, 0.25) is 0 Å². The van der Waals surface area contributed by atoms with Gasteiger partial charge in [-0.05, 0) is 55.4 Å². The molecule has 0 atom stereocenters. The number of aryl methyl sites for hydroxylation is 1. The van der Waals surface area contributed by atoms with Crippen LogP contribution in [0.15, 0.2) is 48.5 Å². The molecule has 0 saturated carbocycles. The predicted octanol–water partition coefficient (Wildman–Crippen LogP) is 4.05. The van der Waals surface area contributed by atoms with Gasteiger partial charge in [-0.2, -0.15) is 0 Å². The molecule has 0 radical (unpaired) electrons. The number of carbonyl (C=O) groups excluding carboxylic acids is 1. The molecule has 0 aliphatic carbocycles. The summed E-state index contributed by atoms with van der Waals surface area (Å²) in [5.74, 6) is -0.302. The summed E-state index contributed by atoms with van der Waals surface area (Å²) in [5, 5.41) is 6.80. The molecular formula is C19H22N2O2S. The lowest BCUT2D eigenvalue weighted by Crippen LogP contribution is -2.27. The minimum Gasteiger partial charge on any atom is -0.462 e. The Bertz CT molecular complexity index is 682. The Morgan fingerprint density at radius 3 is 2.38 bits per heavy atom. The zero-order valence-corrected chi connectivity index (χ0v) is 14.8. The number of nitrogens with one attached hydrogen (secondary N) is 2. The molecule has 2 aromatic rings. The number of carbonyl (C=O) groups is 1. The quantitative estimate of drug-likeness (QED) is 0.613. The van der Waals surface area contributed by atoms with Gasteiger partial charge in [0.05, 0.1) is 12.2 Å². The van der Waals surface area contributed by atoms with Gasteiger partial charge in [-0.3, -0.25) is 0 Å². The van der Waals surface area contributed by atoms with E-state index in [4.69, 9.17) is 17.0 Å². The number of hydrogen-bond donors (Lipinski definition) is 2. The van der Waals surface area contributed by atoms with E-state index in [0.29, 0.717) is 23.8 Å². The fourth-order valence-electron chi connectivity index (χ4n) is 2.03. The van der Waals surface area contributed by atoms with Gasteiger partial charge >= 0.3 is 5.97 Å². The van der Waals surface area contributed by atoms with E-state index in [-0.39, 0.29) is 5.97 Å². The van der Waals surface area contributed by atoms with Crippen LogP contribution < -0.4 is 10.6 Å². The summed E-state index contributed by atoms with van der Waals surface area (Å²) >= 11 is 5.29. The smallest absolute Gasteiger partial charge is 0.338 e. The van der Waals surface area contributed by atoms with Gasteiger partial charge in [-0.25, -0.2) is 4.79 Å². The number of thiocarbonyl (C=S) groups is 1. The van der Waals surface area contributed by atoms with Crippen molar-refractivity contribution in [2.24, 2.45) is 0 Å². The second-order valence-corrected chi connectivity index (χ2v) is 5.91. The van der Waals surface area contributed by atoms with Gasteiger partial charge in [-0.1, -0.05) is 36.8 Å². The van der Waals surface area contributed by atoms with E-state index >= 15 is 0 Å². The first-order valence-corrected chi connectivity index (χ1v) is 8.37. The van der Waals surface area contributed by atoms with E-state index in [1.807, 2.05) is 19.1 Å². The van der Waals surface area contributed by atoms with Gasteiger partial charge in [-0.15, -0.1) is 0 Å². The summed E-state index contributed by atoms with van der Waals surface area (Å²) < 4.78 is 5.10. The number of ether oxygens (including phenoxy) is 1. The second-order valence-electron chi connectivity index (χ2n) is 5.51. The number of esters is 1. The van der Waals surface area contributed by atoms with Gasteiger partial charge in [0, 0.05) is 12.2 Å². The van der Waals surface area contributed by atoms with E-state index in [1.165, 1.54) is 11.1 Å². The van der Waals surface area contributed by atoms with Gasteiger partial charge < -0.3 is 15.4 Å². The lowest BCUT2D eigenvalue weighted by Gasteiger charge is -2.11. The molecule has 0 unspecified atom stereocenters. The molecule has 2 aromatic carbocycles. The molecule has 24 heavy (non-hydrogen) atoms. The third kappa shape index (κ3) is 5.66. The van der Waals surface area contributed by atoms with Crippen LogP contribution >= 0.6 is 12.2 Å². The highest BCUT2D eigenvalue weighted by atomic mass is 32.1. The Hall–Kier alpha value is -2.40. The van der Waals surface area contributed by atoms with Crippen LogP contribution in [0.5, 0.6) is 0 Å². The van der Waals surface area contributed by atoms with Crippen molar-refractivity contribution in [1.82, 2.24) is 5.32 Å². The molecule has 0 aromatic heterocycles. The Labute approximate surface area is 148 Å². The summed E-state index contributed by atoms with van der Waals surface area (Å²) in [6.45, 7) is 5.12. The predicted molar refractivity (Wildman–Crippen MR) is 101 cm³/mol. The molecule has 2 N–H and O–H groups in total. The Morgan fingerprint density at radius 2 is 1.75 bits per heavy atom. The van der Waals surface area contributed by atoms with E-state index in [1.54, 1.807) is 12.1 Å². The van der Waals surface area contributed by atoms with Gasteiger partial charge in [0.15, 0.2) is 5.11 Å². The van der Waals surface area contributed by atoms with Crippen molar-refractivity contribution in [3.8, 4) is 0 Å². The first-order valence-electron chi connectivity index (χ1n) is 7.96. The number of anilines is 1. The van der Waals surface area contributed by atoms with Crippen LogP contribution in [0.3, 0.4) is 0 Å². The molecule has 0 aliphatic heterocycles. The van der Waals surface area contributed by atoms with Crippen LogP contribution in [0.1, 0.15) is 34.8 Å². The van der Waals surface area contributed by atoms with E-state index in [2.05, 4.69) is 41.8 Å². The highest BCUT2D eigenvalue weighted by molar-refractivity contribution is 7.80. The van der Waals surface area contributed by atoms with Gasteiger partial charge in [0.1, 0.15) is 0 Å². The average Bonchev–Trinajstić information content (AvgIpc) is 2.60. The highest BCUT2D eigenvalue weighted by Gasteiger charge is 2.06. The summed E-state index contributed by atoms with van der Waals surface area (Å²) in [6, 6.07) is 15.4. The van der Waals surface area contributed by atoms with Crippen LogP contribution in [0.25, 0.3) is 0 Å². The van der Waals surface area contributed by atoms with E-state index in [9.17, 15) is 4.79 Å². The fourth-order valence-corrected chi connectivity index (χ4v) is 2.22. The maximum absolute atomic E-state index is 11.7. The molecule has 0 heterocycles. The molecular weight excluding hydrogens is 320 g/mol. The summed E-state index contributed by atoms with van der Waals surface area (Å²) in [5.41, 5.74) is 3.76. The van der Waals surface area contributed by atoms with Crippen molar-refractivity contribution in [2.75, 3.05) is 11.9 Å². The fraction of sp³-hybridized carbons (Fsp3) is 0.263. The summed E-state index contributed by atoms with van der Waals surface area (Å²) in [4.78, 5) is 11.7. The molecule has 0 aliphatic rings. The second kappa shape index (κ2) is 9.03. The number of hydrogen-bond acceptors (Lipinski definition) is 3. The third-order valence-corrected chi connectivity index (χ3v) is 3.64. The monoisotopic (exact) mass is 342 g/mol. The number of rotatable bonds is 6.